The smallest absolute Gasteiger partial charge is 0.414 e. The fourth-order valence-electron chi connectivity index (χ4n) is 4.12. The van der Waals surface area contributed by atoms with Crippen molar-refractivity contribution < 1.29 is 24.6 Å². The fourth-order valence-corrected chi connectivity index (χ4v) is 4.12. The number of aliphatic carboxylic acids is 2. The minimum Gasteiger partial charge on any atom is -0.473 e. The van der Waals surface area contributed by atoms with Crippen LogP contribution in [0.2, 0.25) is 0 Å². The Bertz CT molecular complexity index is 932. The molecule has 0 bridgehead atoms. The average Bonchev–Trinajstić information content (AvgIpc) is 2.97. The van der Waals surface area contributed by atoms with E-state index in [1.54, 1.807) is 0 Å². The Labute approximate surface area is 187 Å². The molecule has 168 valence electrons. The Morgan fingerprint density at radius 2 is 1.31 bits per heavy atom. The van der Waals surface area contributed by atoms with E-state index in [2.05, 4.69) is 59.5 Å². The van der Waals surface area contributed by atoms with E-state index in [1.165, 1.54) is 27.8 Å². The molecule has 1 fully saturated rings. The van der Waals surface area contributed by atoms with Crippen LogP contribution in [0.3, 0.4) is 0 Å². The van der Waals surface area contributed by atoms with Crippen molar-refractivity contribution in [3.8, 4) is 0 Å². The number of aryl methyl sites for hydroxylation is 2. The summed E-state index contributed by atoms with van der Waals surface area (Å²) in [5, 5.41) is 14.8. The first-order chi connectivity index (χ1) is 15.5. The Morgan fingerprint density at radius 1 is 0.812 bits per heavy atom. The van der Waals surface area contributed by atoms with Gasteiger partial charge in [-0.05, 0) is 47.1 Å². The molecule has 7 heteroatoms. The van der Waals surface area contributed by atoms with Crippen LogP contribution in [0.5, 0.6) is 0 Å². The summed E-state index contributed by atoms with van der Waals surface area (Å²) in [6.07, 6.45) is 6.66. The highest BCUT2D eigenvalue weighted by molar-refractivity contribution is 6.27. The van der Waals surface area contributed by atoms with E-state index in [4.69, 9.17) is 19.8 Å². The molecule has 0 atom stereocenters. The number of benzene rings is 2. The predicted octanol–water partition coefficient (Wildman–Crippen LogP) is 2.54. The summed E-state index contributed by atoms with van der Waals surface area (Å²) < 4.78 is 0. The maximum absolute atomic E-state index is 10.9. The molecule has 4 rings (SSSR count). The number of carboxylic acid groups (broad SMARTS) is 2. The van der Waals surface area contributed by atoms with E-state index >= 15 is 0 Å². The van der Waals surface area contributed by atoms with Crippen molar-refractivity contribution in [1.82, 2.24) is 9.80 Å². The fraction of sp³-hybridized carbons (Fsp3) is 0.320. The van der Waals surface area contributed by atoms with Gasteiger partial charge in [0.2, 0.25) is 6.41 Å². The lowest BCUT2D eigenvalue weighted by molar-refractivity contribution is -0.159. The third kappa shape index (κ3) is 6.04. The summed E-state index contributed by atoms with van der Waals surface area (Å²) in [4.78, 5) is 33.4. The number of hydrogen-bond acceptors (Lipinski definition) is 4. The van der Waals surface area contributed by atoms with Crippen LogP contribution in [0.1, 0.15) is 28.7 Å². The van der Waals surface area contributed by atoms with Gasteiger partial charge in [-0.1, -0.05) is 54.6 Å². The van der Waals surface area contributed by atoms with E-state index < -0.39 is 11.9 Å². The van der Waals surface area contributed by atoms with Gasteiger partial charge in [0.15, 0.2) is 0 Å². The van der Waals surface area contributed by atoms with Crippen LogP contribution in [-0.4, -0.2) is 71.1 Å². The molecule has 2 aromatic carbocycles. The number of amides is 1. The molecule has 1 amide bonds. The van der Waals surface area contributed by atoms with Gasteiger partial charge in [-0.3, -0.25) is 9.69 Å². The summed E-state index contributed by atoms with van der Waals surface area (Å²) in [6, 6.07) is 17.7. The number of fused-ring (bicyclic) bond motifs is 2. The van der Waals surface area contributed by atoms with Gasteiger partial charge in [-0.15, -0.1) is 0 Å². The second-order valence-corrected chi connectivity index (χ2v) is 7.81. The monoisotopic (exact) mass is 436 g/mol. The third-order valence-corrected chi connectivity index (χ3v) is 5.81. The molecule has 7 nitrogen and oxygen atoms in total. The minimum absolute atomic E-state index is 0.853. The molecule has 32 heavy (non-hydrogen) atoms. The molecule has 0 spiro atoms. The summed E-state index contributed by atoms with van der Waals surface area (Å²) in [5.74, 6) is -3.65. The first-order valence-electron chi connectivity index (χ1n) is 10.7. The van der Waals surface area contributed by atoms with Gasteiger partial charge in [-0.2, -0.15) is 0 Å². The van der Waals surface area contributed by atoms with Crippen molar-refractivity contribution in [2.75, 3.05) is 32.7 Å². The van der Waals surface area contributed by atoms with Crippen molar-refractivity contribution in [2.24, 2.45) is 0 Å². The second kappa shape index (κ2) is 11.2. The Kier molecular flexibility index (Phi) is 8.16. The van der Waals surface area contributed by atoms with Crippen LogP contribution < -0.4 is 0 Å². The molecular formula is C25H28N2O5. The van der Waals surface area contributed by atoms with Crippen molar-refractivity contribution in [1.29, 1.82) is 0 Å². The van der Waals surface area contributed by atoms with Crippen molar-refractivity contribution >= 4 is 23.9 Å². The number of carbonyl (C=O) groups excluding carboxylic acids is 1. The lowest BCUT2D eigenvalue weighted by Gasteiger charge is -2.32. The highest BCUT2D eigenvalue weighted by Crippen LogP contribution is 2.33. The molecule has 0 unspecified atom stereocenters. The van der Waals surface area contributed by atoms with Crippen molar-refractivity contribution in [2.45, 2.75) is 19.3 Å². The molecule has 1 aliphatic carbocycles. The Morgan fingerprint density at radius 3 is 1.78 bits per heavy atom. The van der Waals surface area contributed by atoms with Crippen LogP contribution >= 0.6 is 0 Å². The van der Waals surface area contributed by atoms with Gasteiger partial charge >= 0.3 is 11.9 Å². The van der Waals surface area contributed by atoms with Gasteiger partial charge in [0.1, 0.15) is 0 Å². The number of hydrogen-bond donors (Lipinski definition) is 2. The molecule has 0 radical (unpaired) electrons. The molecule has 2 aromatic rings. The molecule has 1 aliphatic heterocycles. The zero-order valence-corrected chi connectivity index (χ0v) is 17.9. The molecule has 0 saturated carbocycles. The predicted molar refractivity (Wildman–Crippen MR) is 121 cm³/mol. The maximum Gasteiger partial charge on any atom is 0.414 e. The van der Waals surface area contributed by atoms with Gasteiger partial charge in [0.25, 0.3) is 0 Å². The average molecular weight is 437 g/mol. The maximum atomic E-state index is 10.9. The first-order valence-corrected chi connectivity index (χ1v) is 10.7. The van der Waals surface area contributed by atoms with Crippen LogP contribution in [-0.2, 0) is 27.2 Å². The zero-order valence-electron chi connectivity index (χ0n) is 17.9. The first kappa shape index (κ1) is 23.2. The third-order valence-electron chi connectivity index (χ3n) is 5.81. The molecule has 2 aliphatic rings. The lowest BCUT2D eigenvalue weighted by atomic mass is 9.93. The van der Waals surface area contributed by atoms with Gasteiger partial charge in [0, 0.05) is 32.7 Å². The van der Waals surface area contributed by atoms with E-state index in [9.17, 15) is 4.79 Å². The largest absolute Gasteiger partial charge is 0.473 e. The van der Waals surface area contributed by atoms with E-state index in [-0.39, 0.29) is 0 Å². The topological polar surface area (TPSA) is 98.1 Å². The number of nitrogens with zero attached hydrogens (tertiary/aromatic N) is 2. The number of carboxylic acids is 2. The highest BCUT2D eigenvalue weighted by atomic mass is 16.4. The number of piperazine rings is 1. The van der Waals surface area contributed by atoms with Crippen LogP contribution in [0.15, 0.2) is 54.6 Å². The standard InChI is InChI=1S/C23H26N2O.C2H2O4/c26-18-25-16-14-24(15-17-25)13-5-10-23-21-8-3-1-6-19(21)11-12-20-7-2-4-9-22(20)23;3-1(4)2(5)6/h1-4,6-10,18H,5,11-17H2;(H,3,4)(H,5,6). The van der Waals surface area contributed by atoms with E-state index in [0.717, 1.165) is 58.4 Å². The number of rotatable bonds is 4. The number of carbonyl (C=O) groups is 3. The zero-order chi connectivity index (χ0) is 22.9. The van der Waals surface area contributed by atoms with E-state index in [0.29, 0.717) is 0 Å². The molecular weight excluding hydrogens is 408 g/mol. The van der Waals surface area contributed by atoms with E-state index in [1.807, 2.05) is 4.90 Å². The SMILES string of the molecule is O=C(O)C(=O)O.O=CN1CCN(CCC=C2c3ccccc3CCc3ccccc32)CC1. The quantitative estimate of drug-likeness (QED) is 0.565. The minimum atomic E-state index is -1.82. The van der Waals surface area contributed by atoms with Gasteiger partial charge in [0.05, 0.1) is 0 Å². The summed E-state index contributed by atoms with van der Waals surface area (Å²) in [7, 11) is 0. The molecule has 2 N–H and O–H groups in total. The van der Waals surface area contributed by atoms with Crippen molar-refractivity contribution in [3.05, 3.63) is 76.9 Å². The summed E-state index contributed by atoms with van der Waals surface area (Å²) in [6.45, 7) is 4.72. The molecule has 1 heterocycles. The normalized spacial score (nSPS) is 15.4. The molecule has 0 aromatic heterocycles. The highest BCUT2D eigenvalue weighted by Gasteiger charge is 2.18. The van der Waals surface area contributed by atoms with Crippen LogP contribution in [0.25, 0.3) is 5.57 Å². The van der Waals surface area contributed by atoms with Crippen molar-refractivity contribution in [3.63, 3.8) is 0 Å². The summed E-state index contributed by atoms with van der Waals surface area (Å²) in [5.41, 5.74) is 7.08. The summed E-state index contributed by atoms with van der Waals surface area (Å²) >= 11 is 0. The van der Waals surface area contributed by atoms with Crippen LogP contribution in [0.4, 0.5) is 0 Å². The van der Waals surface area contributed by atoms with Crippen LogP contribution in [0, 0.1) is 0 Å². The van der Waals surface area contributed by atoms with Gasteiger partial charge < -0.3 is 15.1 Å². The lowest BCUT2D eigenvalue weighted by Crippen LogP contribution is -2.45. The Balaban J connectivity index is 0.000000427. The second-order valence-electron chi connectivity index (χ2n) is 7.81. The molecule has 1 saturated heterocycles. The van der Waals surface area contributed by atoms with Gasteiger partial charge in [-0.25, -0.2) is 9.59 Å². The Hall–Kier alpha value is -3.45.